The Morgan fingerprint density at radius 3 is 3.12 bits per heavy atom. The molecule has 1 aliphatic heterocycles. The standard InChI is InChI=1S/C13H18N2O2/c1-2-11-5-3-4-8-15(11)12-9-10(13(16)17)6-7-14-12/h6-7,9,11H,2-5,8H2,1H3,(H,16,17)/t11-/m0/s1. The Kier molecular flexibility index (Phi) is 3.61. The van der Waals surface area contributed by atoms with Gasteiger partial charge in [0.2, 0.25) is 0 Å². The number of carboxylic acids is 1. The molecule has 0 aromatic carbocycles. The van der Waals surface area contributed by atoms with Crippen molar-refractivity contribution in [2.24, 2.45) is 0 Å². The van der Waals surface area contributed by atoms with Crippen molar-refractivity contribution < 1.29 is 9.90 Å². The zero-order valence-corrected chi connectivity index (χ0v) is 10.1. The van der Waals surface area contributed by atoms with E-state index < -0.39 is 5.97 Å². The van der Waals surface area contributed by atoms with Gasteiger partial charge in [0.1, 0.15) is 5.82 Å². The Balaban J connectivity index is 2.25. The molecule has 0 radical (unpaired) electrons. The molecule has 0 aliphatic carbocycles. The summed E-state index contributed by atoms with van der Waals surface area (Å²) in [4.78, 5) is 17.5. The molecule has 0 spiro atoms. The van der Waals surface area contributed by atoms with Gasteiger partial charge in [-0.25, -0.2) is 9.78 Å². The monoisotopic (exact) mass is 234 g/mol. The van der Waals surface area contributed by atoms with Crippen molar-refractivity contribution in [3.8, 4) is 0 Å². The summed E-state index contributed by atoms with van der Waals surface area (Å²) in [6.45, 7) is 3.15. The van der Waals surface area contributed by atoms with Crippen LogP contribution in [0.2, 0.25) is 0 Å². The van der Waals surface area contributed by atoms with E-state index in [1.807, 2.05) is 0 Å². The highest BCUT2D eigenvalue weighted by atomic mass is 16.4. The summed E-state index contributed by atoms with van der Waals surface area (Å²) in [6.07, 6.45) is 6.26. The van der Waals surface area contributed by atoms with Gasteiger partial charge in [0.25, 0.3) is 0 Å². The number of aromatic nitrogens is 1. The lowest BCUT2D eigenvalue weighted by molar-refractivity contribution is 0.0696. The van der Waals surface area contributed by atoms with Crippen molar-refractivity contribution in [1.82, 2.24) is 4.98 Å². The van der Waals surface area contributed by atoms with Gasteiger partial charge in [-0.15, -0.1) is 0 Å². The zero-order valence-electron chi connectivity index (χ0n) is 10.1. The minimum absolute atomic E-state index is 0.315. The van der Waals surface area contributed by atoms with E-state index in [0.29, 0.717) is 11.6 Å². The van der Waals surface area contributed by atoms with Crippen LogP contribution in [0, 0.1) is 0 Å². The molecule has 1 aliphatic rings. The number of carbonyl (C=O) groups is 1. The van der Waals surface area contributed by atoms with Gasteiger partial charge >= 0.3 is 5.97 Å². The molecule has 1 saturated heterocycles. The van der Waals surface area contributed by atoms with Gasteiger partial charge in [-0.05, 0) is 37.8 Å². The lowest BCUT2D eigenvalue weighted by Gasteiger charge is -2.36. The van der Waals surface area contributed by atoms with Gasteiger partial charge in [-0.3, -0.25) is 0 Å². The highest BCUT2D eigenvalue weighted by Crippen LogP contribution is 2.25. The molecular weight excluding hydrogens is 216 g/mol. The summed E-state index contributed by atoms with van der Waals surface area (Å²) in [5.74, 6) is -0.0878. The molecule has 1 N–H and O–H groups in total. The van der Waals surface area contributed by atoms with E-state index in [9.17, 15) is 4.79 Å². The highest BCUT2D eigenvalue weighted by Gasteiger charge is 2.22. The molecule has 2 heterocycles. The van der Waals surface area contributed by atoms with E-state index in [4.69, 9.17) is 5.11 Å². The SMILES string of the molecule is CC[C@H]1CCCCN1c1cc(C(=O)O)ccn1. The lowest BCUT2D eigenvalue weighted by Crippen LogP contribution is -2.39. The van der Waals surface area contributed by atoms with E-state index >= 15 is 0 Å². The fourth-order valence-corrected chi connectivity index (χ4v) is 2.44. The predicted molar refractivity (Wildman–Crippen MR) is 66.5 cm³/mol. The summed E-state index contributed by atoms with van der Waals surface area (Å²) in [7, 11) is 0. The van der Waals surface area contributed by atoms with Crippen molar-refractivity contribution in [2.45, 2.75) is 38.6 Å². The third kappa shape index (κ3) is 2.57. The van der Waals surface area contributed by atoms with Gasteiger partial charge < -0.3 is 10.0 Å². The average molecular weight is 234 g/mol. The van der Waals surface area contributed by atoms with Crippen molar-refractivity contribution in [1.29, 1.82) is 0 Å². The van der Waals surface area contributed by atoms with Crippen LogP contribution in [0.1, 0.15) is 43.0 Å². The number of aromatic carboxylic acids is 1. The van der Waals surface area contributed by atoms with E-state index in [-0.39, 0.29) is 0 Å². The molecule has 1 fully saturated rings. The van der Waals surface area contributed by atoms with E-state index in [1.54, 1.807) is 12.3 Å². The van der Waals surface area contributed by atoms with Gasteiger partial charge in [-0.1, -0.05) is 6.92 Å². The second-order valence-electron chi connectivity index (χ2n) is 4.46. The van der Waals surface area contributed by atoms with Crippen LogP contribution in [-0.4, -0.2) is 28.6 Å². The number of anilines is 1. The fraction of sp³-hybridized carbons (Fsp3) is 0.538. The molecule has 17 heavy (non-hydrogen) atoms. The predicted octanol–water partition coefficient (Wildman–Crippen LogP) is 2.55. The van der Waals surface area contributed by atoms with E-state index in [0.717, 1.165) is 25.2 Å². The normalized spacial score (nSPS) is 20.3. The van der Waals surface area contributed by atoms with Crippen LogP contribution in [0.4, 0.5) is 5.82 Å². The molecule has 4 nitrogen and oxygen atoms in total. The second-order valence-corrected chi connectivity index (χ2v) is 4.46. The smallest absolute Gasteiger partial charge is 0.335 e. The molecule has 1 atom stereocenters. The third-order valence-electron chi connectivity index (χ3n) is 3.39. The third-order valence-corrected chi connectivity index (χ3v) is 3.39. The quantitative estimate of drug-likeness (QED) is 0.873. The van der Waals surface area contributed by atoms with Crippen molar-refractivity contribution in [3.63, 3.8) is 0 Å². The van der Waals surface area contributed by atoms with E-state index in [1.165, 1.54) is 18.9 Å². The maximum absolute atomic E-state index is 10.9. The van der Waals surface area contributed by atoms with Crippen LogP contribution >= 0.6 is 0 Å². The molecule has 1 aromatic rings. The summed E-state index contributed by atoms with van der Waals surface area (Å²) >= 11 is 0. The Bertz CT molecular complexity index is 406. The van der Waals surface area contributed by atoms with Crippen LogP contribution < -0.4 is 4.90 Å². The number of piperidine rings is 1. The molecule has 2 rings (SSSR count). The first kappa shape index (κ1) is 11.9. The summed E-state index contributed by atoms with van der Waals surface area (Å²) in [6, 6.07) is 3.72. The fourth-order valence-electron chi connectivity index (χ4n) is 2.44. The molecule has 4 heteroatoms. The maximum Gasteiger partial charge on any atom is 0.335 e. The molecule has 0 unspecified atom stereocenters. The molecule has 92 valence electrons. The van der Waals surface area contributed by atoms with Gasteiger partial charge in [0.05, 0.1) is 5.56 Å². The van der Waals surface area contributed by atoms with Crippen molar-refractivity contribution >= 4 is 11.8 Å². The Labute approximate surface area is 101 Å². The Morgan fingerprint density at radius 1 is 1.59 bits per heavy atom. The number of nitrogens with zero attached hydrogens (tertiary/aromatic N) is 2. The zero-order chi connectivity index (χ0) is 12.3. The van der Waals surface area contributed by atoms with E-state index in [2.05, 4.69) is 16.8 Å². The van der Waals surface area contributed by atoms with Gasteiger partial charge in [-0.2, -0.15) is 0 Å². The molecule has 0 amide bonds. The average Bonchev–Trinajstić information content (AvgIpc) is 2.39. The second kappa shape index (κ2) is 5.17. The molecule has 0 saturated carbocycles. The first-order valence-corrected chi connectivity index (χ1v) is 6.18. The summed E-state index contributed by atoms with van der Waals surface area (Å²) in [5, 5.41) is 8.98. The number of hydrogen-bond acceptors (Lipinski definition) is 3. The summed E-state index contributed by atoms with van der Waals surface area (Å²) in [5.41, 5.74) is 0.315. The van der Waals surface area contributed by atoms with Crippen LogP contribution in [0.15, 0.2) is 18.3 Å². The molecule has 1 aromatic heterocycles. The van der Waals surface area contributed by atoms with Crippen molar-refractivity contribution in [2.75, 3.05) is 11.4 Å². The number of carboxylic acid groups (broad SMARTS) is 1. The number of hydrogen-bond donors (Lipinski definition) is 1. The van der Waals surface area contributed by atoms with Gasteiger partial charge in [0, 0.05) is 18.8 Å². The van der Waals surface area contributed by atoms with Crippen LogP contribution in [-0.2, 0) is 0 Å². The Hall–Kier alpha value is -1.58. The minimum atomic E-state index is -0.890. The molecular formula is C13H18N2O2. The summed E-state index contributed by atoms with van der Waals surface area (Å²) < 4.78 is 0. The first-order chi connectivity index (χ1) is 8.22. The van der Waals surface area contributed by atoms with Crippen LogP contribution in [0.3, 0.4) is 0 Å². The first-order valence-electron chi connectivity index (χ1n) is 6.18. The van der Waals surface area contributed by atoms with Crippen molar-refractivity contribution in [3.05, 3.63) is 23.9 Å². The number of rotatable bonds is 3. The number of pyridine rings is 1. The van der Waals surface area contributed by atoms with Crippen LogP contribution in [0.25, 0.3) is 0 Å². The maximum atomic E-state index is 10.9. The molecule has 0 bridgehead atoms. The lowest BCUT2D eigenvalue weighted by atomic mass is 10.00. The topological polar surface area (TPSA) is 53.4 Å². The van der Waals surface area contributed by atoms with Gasteiger partial charge in [0.15, 0.2) is 0 Å². The highest BCUT2D eigenvalue weighted by molar-refractivity contribution is 5.88. The largest absolute Gasteiger partial charge is 0.478 e. The van der Waals surface area contributed by atoms with Crippen LogP contribution in [0.5, 0.6) is 0 Å². The Morgan fingerprint density at radius 2 is 2.41 bits per heavy atom. The minimum Gasteiger partial charge on any atom is -0.478 e.